The number of nitrogens with zero attached hydrogens (tertiary/aromatic N) is 3. The number of benzene rings is 1. The normalized spacial score (nSPS) is 15.6. The highest BCUT2D eigenvalue weighted by molar-refractivity contribution is 8.43. The van der Waals surface area contributed by atoms with Crippen molar-refractivity contribution in [3.05, 3.63) is 29.8 Å². The first-order chi connectivity index (χ1) is 17.2. The second kappa shape index (κ2) is 15.1. The summed E-state index contributed by atoms with van der Waals surface area (Å²) < 4.78 is 4.88. The molecule has 1 unspecified atom stereocenters. The van der Waals surface area contributed by atoms with Gasteiger partial charge in [-0.3, -0.25) is 14.4 Å². The molecule has 0 aliphatic carbocycles. The molecule has 1 fully saturated rings. The molecule has 15 heteroatoms. The molecule has 198 valence electrons. The van der Waals surface area contributed by atoms with Crippen LogP contribution < -0.4 is 26.6 Å². The number of hydrogen-bond acceptors (Lipinski definition) is 9. The third kappa shape index (κ3) is 9.88. The molecule has 36 heavy (non-hydrogen) atoms. The van der Waals surface area contributed by atoms with Crippen LogP contribution in [0.3, 0.4) is 0 Å². The molecule has 1 saturated heterocycles. The number of amidine groups is 1. The van der Waals surface area contributed by atoms with Gasteiger partial charge < -0.3 is 36.2 Å². The number of anilines is 1. The van der Waals surface area contributed by atoms with Gasteiger partial charge in [-0.2, -0.15) is 0 Å². The molecule has 2 atom stereocenters. The van der Waals surface area contributed by atoms with Crippen molar-refractivity contribution in [2.24, 2.45) is 10.9 Å². The Labute approximate surface area is 215 Å². The van der Waals surface area contributed by atoms with Crippen molar-refractivity contribution in [3.8, 4) is 0 Å². The molecule has 0 aromatic heterocycles. The fraction of sp³-hybridized carbons (Fsp3) is 0.476. The number of ether oxygens (including phenoxy) is 1. The van der Waals surface area contributed by atoms with Gasteiger partial charge in [-0.15, -0.1) is 11.4 Å². The Morgan fingerprint density at radius 3 is 2.61 bits per heavy atom. The van der Waals surface area contributed by atoms with Crippen LogP contribution in [0.25, 0.3) is 0 Å². The Bertz CT molecular complexity index is 947. The van der Waals surface area contributed by atoms with Gasteiger partial charge in [-0.05, 0) is 44.8 Å². The molecule has 1 aliphatic rings. The molecule has 0 saturated carbocycles. The SMILES string of the molecule is CN(C)CCNC(=O)O/N=C(\N)c1ccc(N2CC[C@H](NC(=O)NCCC(=O)OCSP)C2=O)cc1. The smallest absolute Gasteiger partial charge is 0.433 e. The number of urea groups is 1. The van der Waals surface area contributed by atoms with E-state index < -0.39 is 24.1 Å². The Hall–Kier alpha value is -3.09. The monoisotopic (exact) mass is 541 g/mol. The fourth-order valence-electron chi connectivity index (χ4n) is 3.10. The molecular weight excluding hydrogens is 509 g/mol. The standard InChI is InChI=1S/C21H32N7O6PS/c1-27(2)12-10-24-21(32)34-26-18(22)14-3-5-15(6-4-14)28-11-8-16(19(28)30)25-20(31)23-9-7-17(29)33-13-36-35/h3-6,16H,7-13,35H2,1-2H3,(H2,22,26)(H,24,32)(H2,23,25,31)/t16-/m0/s1. The lowest BCUT2D eigenvalue weighted by Crippen LogP contribution is -2.46. The number of carbonyl (C=O) groups is 4. The largest absolute Gasteiger partial charge is 0.454 e. The predicted octanol–water partition coefficient (Wildman–Crippen LogP) is 0.413. The number of nitrogens with one attached hydrogen (secondary N) is 3. The molecule has 2 rings (SSSR count). The summed E-state index contributed by atoms with van der Waals surface area (Å²) in [5, 5.41) is 11.3. The minimum Gasteiger partial charge on any atom is -0.454 e. The van der Waals surface area contributed by atoms with E-state index >= 15 is 0 Å². The van der Waals surface area contributed by atoms with Crippen LogP contribution in [0.2, 0.25) is 0 Å². The maximum Gasteiger partial charge on any atom is 0.433 e. The highest BCUT2D eigenvalue weighted by Crippen LogP contribution is 2.22. The van der Waals surface area contributed by atoms with E-state index in [1.165, 1.54) is 11.4 Å². The van der Waals surface area contributed by atoms with Gasteiger partial charge in [-0.1, -0.05) is 13.6 Å². The third-order valence-corrected chi connectivity index (χ3v) is 5.61. The minimum atomic E-state index is -0.712. The molecule has 1 heterocycles. The molecule has 1 aromatic rings. The van der Waals surface area contributed by atoms with Crippen LogP contribution in [-0.4, -0.2) is 87.0 Å². The molecular formula is C21H32N7O6PS. The molecule has 1 aliphatic heterocycles. The van der Waals surface area contributed by atoms with E-state index in [1.54, 1.807) is 29.2 Å². The number of rotatable bonds is 12. The van der Waals surface area contributed by atoms with Crippen molar-refractivity contribution < 1.29 is 28.8 Å². The minimum absolute atomic E-state index is 0.00416. The number of esters is 1. The van der Waals surface area contributed by atoms with E-state index in [-0.39, 0.29) is 30.6 Å². The van der Waals surface area contributed by atoms with E-state index in [1.807, 2.05) is 19.0 Å². The van der Waals surface area contributed by atoms with Gasteiger partial charge in [0, 0.05) is 37.4 Å². The van der Waals surface area contributed by atoms with Crippen LogP contribution in [-0.2, 0) is 19.2 Å². The van der Waals surface area contributed by atoms with Crippen molar-refractivity contribution in [2.75, 3.05) is 51.1 Å². The molecule has 1 aromatic carbocycles. The summed E-state index contributed by atoms with van der Waals surface area (Å²) in [6, 6.07) is 5.46. The Kier molecular flexibility index (Phi) is 12.2. The number of likely N-dealkylation sites (N-methyl/N-ethyl adjacent to an activating group) is 1. The summed E-state index contributed by atoms with van der Waals surface area (Å²) in [5.74, 6) is -0.444. The van der Waals surface area contributed by atoms with Crippen LogP contribution in [0.15, 0.2) is 29.4 Å². The number of oxime groups is 1. The molecule has 13 nitrogen and oxygen atoms in total. The highest BCUT2D eigenvalue weighted by atomic mass is 32.7. The summed E-state index contributed by atoms with van der Waals surface area (Å²) in [6.07, 6.45) is -0.243. The lowest BCUT2D eigenvalue weighted by Gasteiger charge is -2.18. The summed E-state index contributed by atoms with van der Waals surface area (Å²) >= 11 is 1.30. The second-order valence-corrected chi connectivity index (χ2v) is 9.48. The Balaban J connectivity index is 1.81. The van der Waals surface area contributed by atoms with Crippen molar-refractivity contribution in [1.82, 2.24) is 20.9 Å². The Morgan fingerprint density at radius 1 is 1.22 bits per heavy atom. The number of hydrogen-bond donors (Lipinski definition) is 4. The Morgan fingerprint density at radius 2 is 1.94 bits per heavy atom. The van der Waals surface area contributed by atoms with Gasteiger partial charge in [0.05, 0.1) is 6.42 Å². The molecule has 0 bridgehead atoms. The molecule has 5 N–H and O–H groups in total. The van der Waals surface area contributed by atoms with Gasteiger partial charge in [0.15, 0.2) is 5.84 Å². The third-order valence-electron chi connectivity index (χ3n) is 4.94. The summed E-state index contributed by atoms with van der Waals surface area (Å²) in [6.45, 7) is 1.58. The lowest BCUT2D eigenvalue weighted by atomic mass is 10.2. The van der Waals surface area contributed by atoms with Crippen LogP contribution in [0, 0.1) is 0 Å². The van der Waals surface area contributed by atoms with E-state index in [0.29, 0.717) is 37.3 Å². The quantitative estimate of drug-likeness (QED) is 0.0557. The van der Waals surface area contributed by atoms with Crippen LogP contribution >= 0.6 is 19.8 Å². The van der Waals surface area contributed by atoms with E-state index in [4.69, 9.17) is 15.3 Å². The van der Waals surface area contributed by atoms with Gasteiger partial charge in [0.1, 0.15) is 12.0 Å². The van der Waals surface area contributed by atoms with Gasteiger partial charge in [-0.25, -0.2) is 9.59 Å². The van der Waals surface area contributed by atoms with Crippen molar-refractivity contribution in [2.45, 2.75) is 18.9 Å². The first-order valence-corrected chi connectivity index (χ1v) is 13.5. The predicted molar refractivity (Wildman–Crippen MR) is 140 cm³/mol. The molecule has 0 radical (unpaired) electrons. The van der Waals surface area contributed by atoms with Gasteiger partial charge in [0.25, 0.3) is 0 Å². The maximum atomic E-state index is 12.8. The second-order valence-electron chi connectivity index (χ2n) is 7.91. The fourth-order valence-corrected chi connectivity index (χ4v) is 3.50. The van der Waals surface area contributed by atoms with Crippen molar-refractivity contribution in [3.63, 3.8) is 0 Å². The van der Waals surface area contributed by atoms with Crippen LogP contribution in [0.5, 0.6) is 0 Å². The zero-order valence-electron chi connectivity index (χ0n) is 20.2. The van der Waals surface area contributed by atoms with Crippen molar-refractivity contribution >= 4 is 55.3 Å². The molecule has 4 amide bonds. The topological polar surface area (TPSA) is 168 Å². The van der Waals surface area contributed by atoms with E-state index in [9.17, 15) is 19.2 Å². The zero-order chi connectivity index (χ0) is 26.5. The van der Waals surface area contributed by atoms with E-state index in [2.05, 4.69) is 29.5 Å². The highest BCUT2D eigenvalue weighted by Gasteiger charge is 2.33. The number of nitrogens with two attached hydrogens (primary N) is 1. The number of amides is 4. The average molecular weight is 542 g/mol. The maximum absolute atomic E-state index is 12.8. The van der Waals surface area contributed by atoms with Crippen molar-refractivity contribution in [1.29, 1.82) is 0 Å². The summed E-state index contributed by atoms with van der Waals surface area (Å²) in [4.78, 5) is 56.1. The lowest BCUT2D eigenvalue weighted by molar-refractivity contribution is -0.141. The van der Waals surface area contributed by atoms with Gasteiger partial charge >= 0.3 is 18.1 Å². The molecule has 0 spiro atoms. The average Bonchev–Trinajstić information content (AvgIpc) is 3.20. The van der Waals surface area contributed by atoms with Crippen LogP contribution in [0.1, 0.15) is 18.4 Å². The first-order valence-electron chi connectivity index (χ1n) is 11.1. The zero-order valence-corrected chi connectivity index (χ0v) is 22.2. The number of carbonyl (C=O) groups excluding carboxylic acids is 4. The summed E-state index contributed by atoms with van der Waals surface area (Å²) in [7, 11) is 6.13. The van der Waals surface area contributed by atoms with E-state index in [0.717, 1.165) is 0 Å². The summed E-state index contributed by atoms with van der Waals surface area (Å²) in [5.41, 5.74) is 7.01. The van der Waals surface area contributed by atoms with Gasteiger partial charge in [0.2, 0.25) is 5.91 Å². The first kappa shape index (κ1) is 29.1. The van der Waals surface area contributed by atoms with Crippen LogP contribution in [0.4, 0.5) is 15.3 Å².